The fourth-order valence-electron chi connectivity index (χ4n) is 5.60. The van der Waals surface area contributed by atoms with Crippen LogP contribution in [-0.4, -0.2) is 112 Å². The summed E-state index contributed by atoms with van der Waals surface area (Å²) < 4.78 is 17.4. The van der Waals surface area contributed by atoms with Crippen LogP contribution in [0.15, 0.2) is 0 Å². The maximum absolute atomic E-state index is 13.6. The largest absolute Gasteiger partial charge is 0.380 e. The summed E-state index contributed by atoms with van der Waals surface area (Å²) in [6.07, 6.45) is 5.40. The molecule has 0 aromatic rings. The number of piperidine rings is 1. The van der Waals surface area contributed by atoms with E-state index < -0.39 is 5.79 Å². The van der Waals surface area contributed by atoms with Gasteiger partial charge in [-0.05, 0) is 66.2 Å². The van der Waals surface area contributed by atoms with Crippen LogP contribution in [0.3, 0.4) is 0 Å². The molecule has 190 valence electrons. The molecule has 3 rings (SSSR count). The molecule has 2 heterocycles. The molecule has 1 aliphatic carbocycles. The van der Waals surface area contributed by atoms with Crippen LogP contribution in [0.4, 0.5) is 4.79 Å². The van der Waals surface area contributed by atoms with Gasteiger partial charge >= 0.3 is 6.03 Å². The Labute approximate surface area is 199 Å². The fourth-order valence-corrected chi connectivity index (χ4v) is 5.60. The van der Waals surface area contributed by atoms with E-state index in [4.69, 9.17) is 14.2 Å². The van der Waals surface area contributed by atoms with Gasteiger partial charge in [0, 0.05) is 38.6 Å². The maximum atomic E-state index is 13.6. The van der Waals surface area contributed by atoms with Crippen LogP contribution in [0.2, 0.25) is 0 Å². The van der Waals surface area contributed by atoms with E-state index in [-0.39, 0.29) is 24.4 Å². The number of carbonyl (C=O) groups is 2. The highest BCUT2D eigenvalue weighted by Gasteiger charge is 2.49. The molecule has 2 aliphatic heterocycles. The van der Waals surface area contributed by atoms with Crippen LogP contribution in [-0.2, 0) is 19.0 Å². The zero-order valence-electron chi connectivity index (χ0n) is 21.0. The van der Waals surface area contributed by atoms with Gasteiger partial charge in [0.2, 0.25) is 5.91 Å². The Bertz CT molecular complexity index is 640. The van der Waals surface area contributed by atoms with Gasteiger partial charge in [0.15, 0.2) is 5.79 Å². The number of unbranched alkanes of at least 4 members (excludes halogenated alkanes) is 1. The van der Waals surface area contributed by atoms with Gasteiger partial charge in [-0.2, -0.15) is 0 Å². The topological polar surface area (TPSA) is 83.6 Å². The summed E-state index contributed by atoms with van der Waals surface area (Å²) >= 11 is 0. The summed E-state index contributed by atoms with van der Waals surface area (Å²) in [5.41, 5.74) is 0. The van der Waals surface area contributed by atoms with Gasteiger partial charge in [-0.25, -0.2) is 4.79 Å². The molecule has 2 saturated heterocycles. The van der Waals surface area contributed by atoms with E-state index in [2.05, 4.69) is 22.2 Å². The molecule has 3 fully saturated rings. The zero-order valence-corrected chi connectivity index (χ0v) is 21.0. The molecule has 3 aliphatic rings. The minimum atomic E-state index is -0.467. The first-order valence-corrected chi connectivity index (χ1v) is 12.6. The lowest BCUT2D eigenvalue weighted by Crippen LogP contribution is -2.57. The Morgan fingerprint density at radius 2 is 1.94 bits per heavy atom. The van der Waals surface area contributed by atoms with Crippen molar-refractivity contribution >= 4 is 11.9 Å². The number of amides is 3. The normalized spacial score (nSPS) is 27.0. The van der Waals surface area contributed by atoms with Gasteiger partial charge in [0.1, 0.15) is 0 Å². The van der Waals surface area contributed by atoms with Crippen molar-refractivity contribution in [2.75, 3.05) is 73.7 Å². The number of carbonyl (C=O) groups excluding carboxylic acids is 2. The van der Waals surface area contributed by atoms with E-state index in [1.807, 2.05) is 21.0 Å². The molecule has 9 heteroatoms. The highest BCUT2D eigenvalue weighted by atomic mass is 16.7. The van der Waals surface area contributed by atoms with E-state index >= 15 is 0 Å². The van der Waals surface area contributed by atoms with Gasteiger partial charge < -0.3 is 29.3 Å². The molecule has 0 bridgehead atoms. The summed E-state index contributed by atoms with van der Waals surface area (Å²) in [6.45, 7) is 6.63. The number of nitrogens with one attached hydrogen (secondary N) is 1. The molecule has 3 atom stereocenters. The Balaban J connectivity index is 1.59. The third kappa shape index (κ3) is 7.11. The molecule has 33 heavy (non-hydrogen) atoms. The molecule has 3 amide bonds. The minimum absolute atomic E-state index is 0.0984. The number of ether oxygens (including phenoxy) is 3. The predicted molar refractivity (Wildman–Crippen MR) is 126 cm³/mol. The lowest BCUT2D eigenvalue weighted by molar-refractivity contribution is -0.202. The van der Waals surface area contributed by atoms with Crippen molar-refractivity contribution in [1.29, 1.82) is 0 Å². The number of hydrogen-bond donors (Lipinski definition) is 1. The van der Waals surface area contributed by atoms with Gasteiger partial charge in [0.25, 0.3) is 0 Å². The second-order valence-corrected chi connectivity index (χ2v) is 9.98. The highest BCUT2D eigenvalue weighted by molar-refractivity contribution is 5.95. The number of imide groups is 1. The number of rotatable bonds is 10. The molecule has 1 saturated carbocycles. The van der Waals surface area contributed by atoms with E-state index in [9.17, 15) is 9.59 Å². The van der Waals surface area contributed by atoms with Crippen LogP contribution >= 0.6 is 0 Å². The van der Waals surface area contributed by atoms with Crippen molar-refractivity contribution in [1.82, 2.24) is 20.0 Å². The monoisotopic (exact) mass is 468 g/mol. The van der Waals surface area contributed by atoms with Gasteiger partial charge in [-0.15, -0.1) is 0 Å². The summed E-state index contributed by atoms with van der Waals surface area (Å²) in [4.78, 5) is 32.3. The van der Waals surface area contributed by atoms with Crippen LogP contribution in [0.5, 0.6) is 0 Å². The van der Waals surface area contributed by atoms with Crippen LogP contribution in [0.25, 0.3) is 0 Å². The molecular weight excluding hydrogens is 424 g/mol. The van der Waals surface area contributed by atoms with Crippen LogP contribution in [0, 0.1) is 11.8 Å². The predicted octanol–water partition coefficient (Wildman–Crippen LogP) is 1.77. The van der Waals surface area contributed by atoms with E-state index in [1.54, 1.807) is 0 Å². The number of hydrogen-bond acceptors (Lipinski definition) is 7. The third-order valence-corrected chi connectivity index (χ3v) is 7.25. The van der Waals surface area contributed by atoms with E-state index in [0.717, 1.165) is 45.1 Å². The minimum Gasteiger partial charge on any atom is -0.380 e. The first-order chi connectivity index (χ1) is 15.8. The maximum Gasteiger partial charge on any atom is 0.324 e. The number of fused-ring (bicyclic) bond motifs is 1. The smallest absolute Gasteiger partial charge is 0.324 e. The second-order valence-electron chi connectivity index (χ2n) is 9.98. The van der Waals surface area contributed by atoms with Crippen LogP contribution in [0.1, 0.15) is 45.4 Å². The Morgan fingerprint density at radius 3 is 2.64 bits per heavy atom. The molecule has 1 spiro atoms. The van der Waals surface area contributed by atoms with Gasteiger partial charge in [-0.3, -0.25) is 9.69 Å². The molecule has 0 radical (unpaired) electrons. The Morgan fingerprint density at radius 1 is 1.18 bits per heavy atom. The lowest BCUT2D eigenvalue weighted by atomic mass is 9.72. The number of likely N-dealkylation sites (tertiary alicyclic amines) is 1. The number of urea groups is 1. The summed E-state index contributed by atoms with van der Waals surface area (Å²) in [5, 5.41) is 2.95. The third-order valence-electron chi connectivity index (χ3n) is 7.25. The molecular formula is C24H44N4O5. The van der Waals surface area contributed by atoms with Crippen molar-refractivity contribution in [3.05, 3.63) is 0 Å². The number of nitrogens with zero attached hydrogens (tertiary/aromatic N) is 3. The average molecular weight is 469 g/mol. The van der Waals surface area contributed by atoms with Crippen LogP contribution < -0.4 is 5.32 Å². The van der Waals surface area contributed by atoms with E-state index in [0.29, 0.717) is 51.5 Å². The summed E-state index contributed by atoms with van der Waals surface area (Å²) in [7, 11) is 6.18. The zero-order chi connectivity index (χ0) is 23.8. The molecule has 9 nitrogen and oxygen atoms in total. The van der Waals surface area contributed by atoms with Crippen molar-refractivity contribution in [3.8, 4) is 0 Å². The van der Waals surface area contributed by atoms with E-state index in [1.165, 1.54) is 4.90 Å². The quantitative estimate of drug-likeness (QED) is 0.489. The fraction of sp³-hybridized carbons (Fsp3) is 0.917. The molecule has 0 aromatic carbocycles. The SMILES string of the molecule is CCOCCN(C(=O)NCCCCN(C)C)C(=O)[C@@H]1C[C@@H]2CC3(CC[C@H]2N(C)C1)OCCO3. The van der Waals surface area contributed by atoms with Crippen molar-refractivity contribution in [2.45, 2.75) is 57.3 Å². The lowest BCUT2D eigenvalue weighted by Gasteiger charge is -2.49. The molecule has 1 N–H and O–H groups in total. The first-order valence-electron chi connectivity index (χ1n) is 12.6. The second kappa shape index (κ2) is 12.4. The van der Waals surface area contributed by atoms with Gasteiger partial charge in [0.05, 0.1) is 32.3 Å². The van der Waals surface area contributed by atoms with Crippen molar-refractivity contribution in [3.63, 3.8) is 0 Å². The average Bonchev–Trinajstić information content (AvgIpc) is 3.22. The molecule has 0 aromatic heterocycles. The van der Waals surface area contributed by atoms with Crippen molar-refractivity contribution < 1.29 is 23.8 Å². The summed E-state index contributed by atoms with van der Waals surface area (Å²) in [5.74, 6) is -0.453. The molecule has 0 unspecified atom stereocenters. The highest BCUT2D eigenvalue weighted by Crippen LogP contribution is 2.45. The van der Waals surface area contributed by atoms with Crippen molar-refractivity contribution in [2.24, 2.45) is 11.8 Å². The van der Waals surface area contributed by atoms with Gasteiger partial charge in [-0.1, -0.05) is 0 Å². The Hall–Kier alpha value is -1.26. The standard InChI is InChI=1S/C24H44N4O5/c1-5-31-13-12-28(23(30)25-10-6-7-11-26(2)3)22(29)20-16-19-17-24(32-14-15-33-24)9-8-21(19)27(4)18-20/h19-21H,5-18H2,1-4H3,(H,25,30)/t19-,20-,21-/m1/s1. The first kappa shape index (κ1) is 26.3. The Kier molecular flexibility index (Phi) is 9.94. The summed E-state index contributed by atoms with van der Waals surface area (Å²) in [6, 6.07) is 0.131.